The molecule has 0 bridgehead atoms. The van der Waals surface area contributed by atoms with Gasteiger partial charge in [0, 0.05) is 11.1 Å². The number of hydrogen-bond acceptors (Lipinski definition) is 3. The summed E-state index contributed by atoms with van der Waals surface area (Å²) in [7, 11) is 0. The van der Waals surface area contributed by atoms with Gasteiger partial charge in [0.05, 0.1) is 12.3 Å². The number of anilines is 1. The number of nitrogens with one attached hydrogen (secondary N) is 1. The van der Waals surface area contributed by atoms with Crippen LogP contribution in [0.1, 0.15) is 22.8 Å². The second-order valence-corrected chi connectivity index (χ2v) is 7.37. The number of ether oxygens (including phenoxy) is 2. The van der Waals surface area contributed by atoms with Crippen LogP contribution in [0.3, 0.4) is 0 Å². The highest BCUT2D eigenvalue weighted by atomic mass is 19.1. The van der Waals surface area contributed by atoms with E-state index >= 15 is 0 Å². The lowest BCUT2D eigenvalue weighted by Gasteiger charge is -2.14. The van der Waals surface area contributed by atoms with Gasteiger partial charge in [0.25, 0.3) is 5.91 Å². The van der Waals surface area contributed by atoms with Crippen molar-refractivity contribution < 1.29 is 18.7 Å². The third kappa shape index (κ3) is 5.57. The molecule has 4 aromatic rings. The van der Waals surface area contributed by atoms with Crippen LogP contribution in [-0.2, 0) is 6.61 Å². The van der Waals surface area contributed by atoms with Gasteiger partial charge in [0.2, 0.25) is 0 Å². The van der Waals surface area contributed by atoms with Crippen LogP contribution in [0.5, 0.6) is 11.5 Å². The summed E-state index contributed by atoms with van der Waals surface area (Å²) in [5.74, 6) is 0.454. The highest BCUT2D eigenvalue weighted by Crippen LogP contribution is 2.26. The van der Waals surface area contributed by atoms with Crippen LogP contribution in [0, 0.1) is 5.82 Å². The van der Waals surface area contributed by atoms with Gasteiger partial charge in [0.15, 0.2) is 0 Å². The highest BCUT2D eigenvalue weighted by Gasteiger charge is 2.13. The molecule has 1 amide bonds. The number of para-hydroxylation sites is 1. The van der Waals surface area contributed by atoms with E-state index in [0.29, 0.717) is 23.7 Å². The van der Waals surface area contributed by atoms with Crippen LogP contribution in [0.2, 0.25) is 0 Å². The Labute approximate surface area is 192 Å². The van der Waals surface area contributed by atoms with E-state index in [9.17, 15) is 9.18 Å². The Morgan fingerprint density at radius 1 is 0.818 bits per heavy atom. The first-order chi connectivity index (χ1) is 16.1. The lowest BCUT2D eigenvalue weighted by Crippen LogP contribution is -2.14. The molecule has 4 aromatic carbocycles. The minimum absolute atomic E-state index is 0.132. The Bertz CT molecular complexity index is 1220. The van der Waals surface area contributed by atoms with Crippen LogP contribution in [0.15, 0.2) is 97.1 Å². The summed E-state index contributed by atoms with van der Waals surface area (Å²) in [6, 6.07) is 29.1. The molecule has 0 saturated carbocycles. The van der Waals surface area contributed by atoms with E-state index in [1.54, 1.807) is 30.3 Å². The second-order valence-electron chi connectivity index (χ2n) is 7.37. The summed E-state index contributed by atoms with van der Waals surface area (Å²) in [6.45, 7) is 2.60. The van der Waals surface area contributed by atoms with Gasteiger partial charge in [0.1, 0.15) is 23.9 Å². The lowest BCUT2D eigenvalue weighted by molar-refractivity contribution is 0.102. The quantitative estimate of drug-likeness (QED) is 0.330. The zero-order valence-corrected chi connectivity index (χ0v) is 18.3. The first-order valence-electron chi connectivity index (χ1n) is 10.7. The van der Waals surface area contributed by atoms with Crippen molar-refractivity contribution in [2.45, 2.75) is 13.5 Å². The molecule has 4 nitrogen and oxygen atoms in total. The maximum absolute atomic E-state index is 13.9. The maximum atomic E-state index is 13.9. The van der Waals surface area contributed by atoms with Gasteiger partial charge in [-0.2, -0.15) is 0 Å². The monoisotopic (exact) mass is 441 g/mol. The molecule has 0 unspecified atom stereocenters. The molecule has 0 atom stereocenters. The molecule has 0 aromatic heterocycles. The third-order valence-electron chi connectivity index (χ3n) is 5.10. The summed E-state index contributed by atoms with van der Waals surface area (Å²) >= 11 is 0. The van der Waals surface area contributed by atoms with Crippen molar-refractivity contribution in [3.63, 3.8) is 0 Å². The van der Waals surface area contributed by atoms with Crippen molar-refractivity contribution in [1.82, 2.24) is 0 Å². The molecule has 4 rings (SSSR count). The average Bonchev–Trinajstić information content (AvgIpc) is 2.86. The Balaban J connectivity index is 1.49. The number of halogens is 1. The van der Waals surface area contributed by atoms with Crippen molar-refractivity contribution >= 4 is 11.6 Å². The van der Waals surface area contributed by atoms with Gasteiger partial charge < -0.3 is 14.8 Å². The summed E-state index contributed by atoms with van der Waals surface area (Å²) in [6.07, 6.45) is 0. The number of rotatable bonds is 8. The molecule has 0 aliphatic rings. The largest absolute Gasteiger partial charge is 0.493 e. The molecule has 0 saturated heterocycles. The fourth-order valence-electron chi connectivity index (χ4n) is 3.42. The molecule has 1 N–H and O–H groups in total. The minimum atomic E-state index is -0.487. The van der Waals surface area contributed by atoms with Gasteiger partial charge in [-0.15, -0.1) is 0 Å². The molecule has 0 radical (unpaired) electrons. The van der Waals surface area contributed by atoms with E-state index in [1.165, 1.54) is 12.1 Å². The fourth-order valence-corrected chi connectivity index (χ4v) is 3.42. The van der Waals surface area contributed by atoms with Crippen molar-refractivity contribution in [2.24, 2.45) is 0 Å². The van der Waals surface area contributed by atoms with Gasteiger partial charge in [-0.1, -0.05) is 54.6 Å². The molecule has 0 heterocycles. The topological polar surface area (TPSA) is 47.6 Å². The summed E-state index contributed by atoms with van der Waals surface area (Å²) in [5, 5.41) is 2.61. The third-order valence-corrected chi connectivity index (χ3v) is 5.10. The predicted octanol–water partition coefficient (Wildman–Crippen LogP) is 6.72. The lowest BCUT2D eigenvalue weighted by atomic mass is 10.1. The zero-order valence-electron chi connectivity index (χ0n) is 18.3. The summed E-state index contributed by atoms with van der Waals surface area (Å²) in [4.78, 5) is 12.7. The van der Waals surface area contributed by atoms with E-state index in [2.05, 4.69) is 17.4 Å². The van der Waals surface area contributed by atoms with Gasteiger partial charge >= 0.3 is 0 Å². The first kappa shape index (κ1) is 22.1. The minimum Gasteiger partial charge on any atom is -0.493 e. The Kier molecular flexibility index (Phi) is 7.00. The molecule has 5 heteroatoms. The fraction of sp³-hybridized carbons (Fsp3) is 0.107. The Hall–Kier alpha value is -4.12. The maximum Gasteiger partial charge on any atom is 0.255 e. The molecule has 33 heavy (non-hydrogen) atoms. The SMILES string of the molecule is CCOc1ccc(C(=O)Nc2ccccc2F)cc1COc1ccc(-c2ccccc2)cc1. The standard InChI is InChI=1S/C28H24FNO3/c1-2-32-27-17-14-22(28(31)30-26-11-7-6-10-25(26)29)18-23(27)19-33-24-15-12-21(13-16-24)20-8-4-3-5-9-20/h3-18H,2,19H2,1H3,(H,30,31). The van der Waals surface area contributed by atoms with Crippen molar-refractivity contribution in [3.8, 4) is 22.6 Å². The predicted molar refractivity (Wildman–Crippen MR) is 128 cm³/mol. The van der Waals surface area contributed by atoms with E-state index in [1.807, 2.05) is 49.4 Å². The second kappa shape index (κ2) is 10.5. The smallest absolute Gasteiger partial charge is 0.255 e. The van der Waals surface area contributed by atoms with Crippen LogP contribution >= 0.6 is 0 Å². The van der Waals surface area contributed by atoms with Crippen LogP contribution in [-0.4, -0.2) is 12.5 Å². The van der Waals surface area contributed by atoms with Gasteiger partial charge in [-0.3, -0.25) is 4.79 Å². The Morgan fingerprint density at radius 2 is 1.52 bits per heavy atom. The van der Waals surface area contributed by atoms with Crippen LogP contribution < -0.4 is 14.8 Å². The summed E-state index contributed by atoms with van der Waals surface area (Å²) in [5.41, 5.74) is 3.48. The van der Waals surface area contributed by atoms with Crippen molar-refractivity contribution in [3.05, 3.63) is 114 Å². The number of amides is 1. The van der Waals surface area contributed by atoms with Crippen LogP contribution in [0.25, 0.3) is 11.1 Å². The number of hydrogen-bond donors (Lipinski definition) is 1. The van der Waals surface area contributed by atoms with Crippen molar-refractivity contribution in [2.75, 3.05) is 11.9 Å². The first-order valence-corrected chi connectivity index (χ1v) is 10.7. The molecular weight excluding hydrogens is 417 g/mol. The number of benzene rings is 4. The van der Waals surface area contributed by atoms with Gasteiger partial charge in [-0.05, 0) is 60.5 Å². The van der Waals surface area contributed by atoms with E-state index in [0.717, 1.165) is 16.7 Å². The zero-order chi connectivity index (χ0) is 23.0. The molecule has 166 valence electrons. The average molecular weight is 442 g/mol. The normalized spacial score (nSPS) is 10.5. The number of carbonyl (C=O) groups is 1. The molecular formula is C28H24FNO3. The Morgan fingerprint density at radius 3 is 2.24 bits per heavy atom. The van der Waals surface area contributed by atoms with Gasteiger partial charge in [-0.25, -0.2) is 4.39 Å². The molecule has 0 fully saturated rings. The highest BCUT2D eigenvalue weighted by molar-refractivity contribution is 6.04. The molecule has 0 spiro atoms. The van der Waals surface area contributed by atoms with Crippen molar-refractivity contribution in [1.29, 1.82) is 0 Å². The van der Waals surface area contributed by atoms with E-state index < -0.39 is 11.7 Å². The number of carbonyl (C=O) groups excluding carboxylic acids is 1. The van der Waals surface area contributed by atoms with Crippen LogP contribution in [0.4, 0.5) is 10.1 Å². The van der Waals surface area contributed by atoms with E-state index in [4.69, 9.17) is 9.47 Å². The molecule has 0 aliphatic carbocycles. The summed E-state index contributed by atoms with van der Waals surface area (Å²) < 4.78 is 25.6. The molecule has 0 aliphatic heterocycles. The van der Waals surface area contributed by atoms with E-state index in [-0.39, 0.29) is 12.3 Å².